The summed E-state index contributed by atoms with van der Waals surface area (Å²) in [6, 6.07) is 36.4. The molecule has 0 saturated carbocycles. The topological polar surface area (TPSA) is 0 Å². The Morgan fingerprint density at radius 2 is 0.950 bits per heavy atom. The Balaban J connectivity index is 1.59. The van der Waals surface area contributed by atoms with Crippen molar-refractivity contribution in [2.75, 3.05) is 0 Å². The number of fused-ring (bicyclic) bond motifs is 2. The summed E-state index contributed by atoms with van der Waals surface area (Å²) in [4.78, 5) is 0. The minimum atomic E-state index is -3.17. The standard InChI is InChI=1S/2C17H15.C2H7Si.2CH3.V/c2*1-2-13-11-15-9-6-10-16(17(15)12-13)14-7-4-3-5-8-14;1-3-2;;;/h2*3-12H,2H2,1H3;3H,1-2H3;2*1H3;. The Labute approximate surface area is 243 Å². The van der Waals surface area contributed by atoms with Crippen LogP contribution in [-0.4, -0.2) is 7.17 Å². The summed E-state index contributed by atoms with van der Waals surface area (Å²) in [5.41, 5.74) is 20.7. The average molecular weight is 579 g/mol. The summed E-state index contributed by atoms with van der Waals surface area (Å²) in [7, 11) is -1.13. The van der Waals surface area contributed by atoms with Gasteiger partial charge in [-0.1, -0.05) is 0 Å². The molecule has 2 aliphatic rings. The molecule has 0 amide bonds. The summed E-state index contributed by atoms with van der Waals surface area (Å²) in [6.45, 7) is 10.2. The van der Waals surface area contributed by atoms with Gasteiger partial charge in [0.15, 0.2) is 0 Å². The molecule has 0 N–H and O–H groups in total. The minimum absolute atomic E-state index is 0.570. The van der Waals surface area contributed by atoms with Crippen LogP contribution in [0.3, 0.4) is 0 Å². The number of allylic oxidation sites excluding steroid dienone is 2. The van der Waals surface area contributed by atoms with Gasteiger partial charge in [-0.25, -0.2) is 0 Å². The summed E-state index contributed by atoms with van der Waals surface area (Å²) in [6.07, 6.45) is 7.47. The van der Waals surface area contributed by atoms with E-state index in [1.165, 1.54) is 33.4 Å². The van der Waals surface area contributed by atoms with Gasteiger partial charge in [-0.15, -0.1) is 0 Å². The van der Waals surface area contributed by atoms with Gasteiger partial charge in [0.05, 0.1) is 0 Å². The van der Waals surface area contributed by atoms with Gasteiger partial charge in [-0.2, -0.15) is 0 Å². The molecule has 0 radical (unpaired) electrons. The van der Waals surface area contributed by atoms with Crippen LogP contribution in [0.15, 0.2) is 108 Å². The molecular weight excluding hydrogens is 535 g/mol. The second kappa shape index (κ2) is 10.2. The van der Waals surface area contributed by atoms with E-state index in [1.54, 1.807) is 22.3 Å². The van der Waals surface area contributed by atoms with E-state index >= 15 is 0 Å². The first-order valence-electron chi connectivity index (χ1n) is 15.1. The normalized spacial score (nSPS) is 19.0. The van der Waals surface area contributed by atoms with Crippen molar-refractivity contribution in [1.82, 2.24) is 0 Å². The van der Waals surface area contributed by atoms with Gasteiger partial charge in [0, 0.05) is 0 Å². The van der Waals surface area contributed by atoms with E-state index in [0.29, 0.717) is 9.26 Å². The fourth-order valence-electron chi connectivity index (χ4n) is 7.89. The molecule has 4 aromatic rings. The molecule has 0 bridgehead atoms. The molecule has 0 saturated heterocycles. The fourth-order valence-corrected chi connectivity index (χ4v) is 25.6. The molecule has 204 valence electrons. The third kappa shape index (κ3) is 4.01. The third-order valence-electron chi connectivity index (χ3n) is 10.5. The van der Waals surface area contributed by atoms with Crippen molar-refractivity contribution < 1.29 is 12.2 Å². The molecule has 2 atom stereocenters. The van der Waals surface area contributed by atoms with Crippen molar-refractivity contribution in [3.8, 4) is 22.3 Å². The summed E-state index contributed by atoms with van der Waals surface area (Å²) in [5, 5.41) is 0. The van der Waals surface area contributed by atoms with Crippen LogP contribution in [0.1, 0.15) is 58.2 Å². The maximum atomic E-state index is 2.85. The van der Waals surface area contributed by atoms with E-state index in [1.807, 2.05) is 0 Å². The molecular formula is C38H43SiV. The molecule has 0 aromatic heterocycles. The van der Waals surface area contributed by atoms with E-state index in [9.17, 15) is 0 Å². The molecule has 0 fully saturated rings. The van der Waals surface area contributed by atoms with Crippen molar-refractivity contribution in [2.45, 2.75) is 60.3 Å². The van der Waals surface area contributed by atoms with Gasteiger partial charge in [-0.05, 0) is 0 Å². The molecule has 0 aliphatic heterocycles. The Bertz CT molecular complexity index is 1510. The molecule has 2 aliphatic carbocycles. The maximum absolute atomic E-state index is 3.17. The Morgan fingerprint density at radius 1 is 0.550 bits per heavy atom. The van der Waals surface area contributed by atoms with Crippen molar-refractivity contribution in [2.24, 2.45) is 0 Å². The molecule has 2 heteroatoms. The van der Waals surface area contributed by atoms with Crippen molar-refractivity contribution in [1.29, 1.82) is 0 Å². The second-order valence-electron chi connectivity index (χ2n) is 12.8. The monoisotopic (exact) mass is 578 g/mol. The van der Waals surface area contributed by atoms with Crippen LogP contribution in [-0.2, 0) is 12.2 Å². The molecule has 6 rings (SSSR count). The predicted octanol–water partition coefficient (Wildman–Crippen LogP) is 11.2. The zero-order valence-corrected chi connectivity index (χ0v) is 27.5. The van der Waals surface area contributed by atoms with Crippen molar-refractivity contribution in [3.63, 3.8) is 0 Å². The van der Waals surface area contributed by atoms with Gasteiger partial charge in [0.1, 0.15) is 0 Å². The zero-order valence-electron chi connectivity index (χ0n) is 25.0. The van der Waals surface area contributed by atoms with Gasteiger partial charge in [0.2, 0.25) is 0 Å². The summed E-state index contributed by atoms with van der Waals surface area (Å²) >= 11 is -3.17. The van der Waals surface area contributed by atoms with E-state index in [-0.39, 0.29) is 0 Å². The van der Waals surface area contributed by atoms with Crippen molar-refractivity contribution in [3.05, 3.63) is 130 Å². The van der Waals surface area contributed by atoms with E-state index in [4.69, 9.17) is 0 Å². The fraction of sp³-hybridized carbons (Fsp3) is 0.263. The zero-order chi connectivity index (χ0) is 28.1. The Hall–Kier alpha value is -2.84. The van der Waals surface area contributed by atoms with E-state index in [2.05, 4.69) is 147 Å². The van der Waals surface area contributed by atoms with Crippen LogP contribution in [0.2, 0.25) is 24.4 Å². The number of hydrogen-bond donors (Lipinski definition) is 0. The Morgan fingerprint density at radius 3 is 1.30 bits per heavy atom. The average Bonchev–Trinajstić information content (AvgIpc) is 3.57. The molecule has 2 unspecified atom stereocenters. The van der Waals surface area contributed by atoms with Crippen LogP contribution in [0.4, 0.5) is 0 Å². The van der Waals surface area contributed by atoms with E-state index in [0.717, 1.165) is 12.8 Å². The molecule has 4 aromatic carbocycles. The van der Waals surface area contributed by atoms with Crippen LogP contribution >= 0.6 is 0 Å². The van der Waals surface area contributed by atoms with Crippen LogP contribution < -0.4 is 0 Å². The van der Waals surface area contributed by atoms with Crippen LogP contribution in [0, 0.1) is 0 Å². The summed E-state index contributed by atoms with van der Waals surface area (Å²) < 4.78 is 1.14. The van der Waals surface area contributed by atoms with Gasteiger partial charge in [0.25, 0.3) is 0 Å². The van der Waals surface area contributed by atoms with Crippen LogP contribution in [0.25, 0.3) is 34.4 Å². The van der Waals surface area contributed by atoms with Crippen LogP contribution in [0.5, 0.6) is 0 Å². The first kappa shape index (κ1) is 27.3. The number of rotatable bonds is 7. The Kier molecular flexibility index (Phi) is 6.98. The molecule has 0 nitrogen and oxygen atoms in total. The van der Waals surface area contributed by atoms with Gasteiger partial charge >= 0.3 is 245 Å². The predicted molar refractivity (Wildman–Crippen MR) is 176 cm³/mol. The summed E-state index contributed by atoms with van der Waals surface area (Å²) in [5.74, 6) is 0. The molecule has 40 heavy (non-hydrogen) atoms. The van der Waals surface area contributed by atoms with E-state index < -0.39 is 19.4 Å². The quantitative estimate of drug-likeness (QED) is 0.191. The van der Waals surface area contributed by atoms with Gasteiger partial charge in [-0.3, -0.25) is 0 Å². The SMILES string of the molecule is CCC1=Cc2c(-c3ccccc3)cccc2[CH]1[V]([CH3])([CH3])([CH]1C(CC)=Cc2c(-c3ccccc3)cccc21)[SiH](C)C. The molecule has 0 heterocycles. The number of benzene rings is 4. The first-order valence-corrected chi connectivity index (χ1v) is 24.7. The van der Waals surface area contributed by atoms with Gasteiger partial charge < -0.3 is 0 Å². The molecule has 0 spiro atoms. The third-order valence-corrected chi connectivity index (χ3v) is 38.4. The second-order valence-corrected chi connectivity index (χ2v) is 35.8. The van der Waals surface area contributed by atoms with Crippen molar-refractivity contribution >= 4 is 19.3 Å². The number of hydrogen-bond acceptors (Lipinski definition) is 0. The first-order chi connectivity index (χ1) is 19.3.